The lowest BCUT2D eigenvalue weighted by Gasteiger charge is -2.42. The first-order valence-corrected chi connectivity index (χ1v) is 9.06. The Hall–Kier alpha value is -0.370. The summed E-state index contributed by atoms with van der Waals surface area (Å²) in [5.41, 5.74) is -0.100. The fraction of sp³-hybridized carbons (Fsp3) is 0.947. The van der Waals surface area contributed by atoms with Gasteiger partial charge in [0.15, 0.2) is 5.78 Å². The van der Waals surface area contributed by atoms with Crippen LogP contribution >= 0.6 is 0 Å². The molecule has 1 fully saturated rings. The first-order valence-electron chi connectivity index (χ1n) is 9.06. The van der Waals surface area contributed by atoms with Gasteiger partial charge in [0.2, 0.25) is 0 Å². The minimum absolute atomic E-state index is 0.368. The van der Waals surface area contributed by atoms with E-state index in [0.717, 1.165) is 38.5 Å². The van der Waals surface area contributed by atoms with Gasteiger partial charge in [-0.15, -0.1) is 0 Å². The van der Waals surface area contributed by atoms with Crippen molar-refractivity contribution >= 4 is 5.78 Å². The molecule has 1 unspecified atom stereocenters. The molecule has 21 heavy (non-hydrogen) atoms. The summed E-state index contributed by atoms with van der Waals surface area (Å²) in [7, 11) is 0. The summed E-state index contributed by atoms with van der Waals surface area (Å²) in [5.74, 6) is 0.924. The van der Waals surface area contributed by atoms with Crippen molar-refractivity contribution in [1.82, 2.24) is 0 Å². The Morgan fingerprint density at radius 1 is 1.10 bits per heavy atom. The molecule has 0 aromatic rings. The van der Waals surface area contributed by atoms with Crippen LogP contribution in [-0.4, -0.2) is 18.0 Å². The van der Waals surface area contributed by atoms with Crippen molar-refractivity contribution in [1.29, 1.82) is 0 Å². The number of ketones is 1. The highest BCUT2D eigenvalue weighted by Crippen LogP contribution is 2.43. The molecule has 0 aromatic heterocycles. The van der Waals surface area contributed by atoms with E-state index in [1.807, 2.05) is 6.92 Å². The Morgan fingerprint density at radius 3 is 2.19 bits per heavy atom. The maximum Gasteiger partial charge on any atom is 0.164 e. The molecular formula is C19H36O2. The van der Waals surface area contributed by atoms with Gasteiger partial charge in [-0.3, -0.25) is 4.79 Å². The molecule has 0 aromatic carbocycles. The summed E-state index contributed by atoms with van der Waals surface area (Å²) in [4.78, 5) is 12.9. The molecule has 0 radical (unpaired) electrons. The highest BCUT2D eigenvalue weighted by Gasteiger charge is 2.44. The van der Waals surface area contributed by atoms with Crippen molar-refractivity contribution in [2.24, 2.45) is 11.3 Å². The van der Waals surface area contributed by atoms with Crippen LogP contribution in [0.4, 0.5) is 0 Å². The number of hydrogen-bond acceptors (Lipinski definition) is 2. The van der Waals surface area contributed by atoms with Crippen molar-refractivity contribution in [3.63, 3.8) is 0 Å². The molecule has 0 N–H and O–H groups in total. The maximum absolute atomic E-state index is 12.9. The molecular weight excluding hydrogens is 260 g/mol. The van der Waals surface area contributed by atoms with Crippen LogP contribution in [0, 0.1) is 11.3 Å². The van der Waals surface area contributed by atoms with Crippen LogP contribution in [-0.2, 0) is 9.53 Å². The highest BCUT2D eigenvalue weighted by molar-refractivity contribution is 5.87. The second-order valence-electron chi connectivity index (χ2n) is 7.64. The third-order valence-electron chi connectivity index (χ3n) is 5.36. The second kappa shape index (κ2) is 8.31. The molecule has 0 bridgehead atoms. The largest absolute Gasteiger partial charge is 0.368 e. The van der Waals surface area contributed by atoms with Crippen LogP contribution in [0.5, 0.6) is 0 Å². The van der Waals surface area contributed by atoms with Gasteiger partial charge in [0.25, 0.3) is 0 Å². The zero-order chi connectivity index (χ0) is 15.9. The van der Waals surface area contributed by atoms with Gasteiger partial charge in [-0.2, -0.15) is 0 Å². The summed E-state index contributed by atoms with van der Waals surface area (Å²) in [5, 5.41) is 0. The predicted octanol–water partition coefficient (Wildman–Crippen LogP) is 5.54. The number of rotatable bonds is 9. The Morgan fingerprint density at radius 2 is 1.71 bits per heavy atom. The van der Waals surface area contributed by atoms with E-state index in [4.69, 9.17) is 4.74 Å². The molecule has 1 aliphatic rings. The number of carbonyl (C=O) groups excluding carboxylic acids is 1. The third kappa shape index (κ3) is 5.39. The maximum atomic E-state index is 12.9. The zero-order valence-electron chi connectivity index (χ0n) is 15.0. The van der Waals surface area contributed by atoms with Gasteiger partial charge < -0.3 is 4.74 Å². The molecule has 0 saturated heterocycles. The van der Waals surface area contributed by atoms with Crippen LogP contribution in [0.1, 0.15) is 92.4 Å². The lowest BCUT2D eigenvalue weighted by atomic mass is 9.68. The van der Waals surface area contributed by atoms with Gasteiger partial charge in [0.1, 0.15) is 5.60 Å². The van der Waals surface area contributed by atoms with Crippen LogP contribution in [0.3, 0.4) is 0 Å². The quantitative estimate of drug-likeness (QED) is 0.558. The summed E-state index contributed by atoms with van der Waals surface area (Å²) in [6.45, 7) is 11.7. The van der Waals surface area contributed by atoms with E-state index >= 15 is 0 Å². The van der Waals surface area contributed by atoms with Gasteiger partial charge in [-0.1, -0.05) is 53.4 Å². The molecule has 1 rings (SSSR count). The lowest BCUT2D eigenvalue weighted by Crippen LogP contribution is -2.47. The predicted molar refractivity (Wildman–Crippen MR) is 89.5 cm³/mol. The highest BCUT2D eigenvalue weighted by atomic mass is 16.5. The van der Waals surface area contributed by atoms with Crippen LogP contribution in [0.15, 0.2) is 0 Å². The minimum Gasteiger partial charge on any atom is -0.368 e. The Balaban J connectivity index is 2.69. The molecule has 0 heterocycles. The van der Waals surface area contributed by atoms with Crippen LogP contribution < -0.4 is 0 Å². The monoisotopic (exact) mass is 296 g/mol. The number of hydrogen-bond donors (Lipinski definition) is 0. The number of Topliss-reactive ketones (excluding diaryl/α,β-unsaturated/α-hetero) is 1. The van der Waals surface area contributed by atoms with Gasteiger partial charge in [0.05, 0.1) is 0 Å². The minimum atomic E-state index is -0.468. The topological polar surface area (TPSA) is 26.3 Å². The molecule has 124 valence electrons. The fourth-order valence-corrected chi connectivity index (χ4v) is 3.50. The Labute approximate surface area is 132 Å². The Kier molecular flexibility index (Phi) is 7.39. The number of carbonyl (C=O) groups is 1. The smallest absolute Gasteiger partial charge is 0.164 e. The van der Waals surface area contributed by atoms with E-state index in [2.05, 4.69) is 27.7 Å². The van der Waals surface area contributed by atoms with Gasteiger partial charge in [-0.25, -0.2) is 0 Å². The third-order valence-corrected chi connectivity index (χ3v) is 5.36. The molecule has 0 spiro atoms. The van der Waals surface area contributed by atoms with E-state index in [-0.39, 0.29) is 0 Å². The lowest BCUT2D eigenvalue weighted by molar-refractivity contribution is -0.153. The first kappa shape index (κ1) is 18.7. The van der Waals surface area contributed by atoms with E-state index in [9.17, 15) is 4.79 Å². The molecule has 1 aliphatic carbocycles. The molecule has 2 nitrogen and oxygen atoms in total. The molecule has 1 saturated carbocycles. The average molecular weight is 296 g/mol. The first-order chi connectivity index (χ1) is 9.89. The molecule has 2 heteroatoms. The summed E-state index contributed by atoms with van der Waals surface area (Å²) in [6, 6.07) is 0. The Bertz CT molecular complexity index is 310. The van der Waals surface area contributed by atoms with Crippen LogP contribution in [0.25, 0.3) is 0 Å². The summed E-state index contributed by atoms with van der Waals surface area (Å²) >= 11 is 0. The van der Waals surface area contributed by atoms with Crippen LogP contribution in [0.2, 0.25) is 0 Å². The van der Waals surface area contributed by atoms with Gasteiger partial charge in [0, 0.05) is 13.0 Å². The fourth-order valence-electron chi connectivity index (χ4n) is 3.50. The number of unbranched alkanes of at least 4 members (excludes halogenated alkanes) is 1. The second-order valence-corrected chi connectivity index (χ2v) is 7.64. The van der Waals surface area contributed by atoms with Gasteiger partial charge in [-0.05, 0) is 43.9 Å². The molecule has 0 aliphatic heterocycles. The molecule has 1 atom stereocenters. The standard InChI is InChI=1S/C19H36O2/c1-6-9-10-16(7-2)15-17(20)19(21-8-3)13-11-18(4,5)12-14-19/h16H,6-15H2,1-5H3. The van der Waals surface area contributed by atoms with E-state index < -0.39 is 5.60 Å². The van der Waals surface area contributed by atoms with Crippen molar-refractivity contribution in [2.45, 2.75) is 98.0 Å². The van der Waals surface area contributed by atoms with Crippen molar-refractivity contribution in [2.75, 3.05) is 6.61 Å². The molecule has 0 amide bonds. The van der Waals surface area contributed by atoms with Crippen molar-refractivity contribution < 1.29 is 9.53 Å². The van der Waals surface area contributed by atoms with E-state index in [0.29, 0.717) is 23.7 Å². The van der Waals surface area contributed by atoms with E-state index in [1.54, 1.807) is 0 Å². The van der Waals surface area contributed by atoms with Crippen molar-refractivity contribution in [3.05, 3.63) is 0 Å². The van der Waals surface area contributed by atoms with E-state index in [1.165, 1.54) is 19.3 Å². The summed E-state index contributed by atoms with van der Waals surface area (Å²) in [6.07, 6.45) is 9.50. The zero-order valence-corrected chi connectivity index (χ0v) is 15.0. The average Bonchev–Trinajstić information content (AvgIpc) is 2.46. The van der Waals surface area contributed by atoms with Crippen molar-refractivity contribution in [3.8, 4) is 0 Å². The summed E-state index contributed by atoms with van der Waals surface area (Å²) < 4.78 is 6.03. The normalized spacial score (nSPS) is 22.0. The van der Waals surface area contributed by atoms with Gasteiger partial charge >= 0.3 is 0 Å². The SMILES string of the molecule is CCCCC(CC)CC(=O)C1(OCC)CCC(C)(C)CC1. The number of ether oxygens (including phenoxy) is 1.